The summed E-state index contributed by atoms with van der Waals surface area (Å²) in [5.41, 5.74) is 0. The van der Waals surface area contributed by atoms with E-state index in [0.29, 0.717) is 19.2 Å². The third-order valence-electron chi connectivity index (χ3n) is 2.54. The third kappa shape index (κ3) is 3.43. The minimum Gasteiger partial charge on any atom is -0.463 e. The fraction of sp³-hybridized carbons (Fsp3) is 0.727. The van der Waals surface area contributed by atoms with Gasteiger partial charge in [0.25, 0.3) is 0 Å². The maximum absolute atomic E-state index is 5.88. The summed E-state index contributed by atoms with van der Waals surface area (Å²) in [6.45, 7) is 6.76. The van der Waals surface area contributed by atoms with Crippen LogP contribution in [0.2, 0.25) is 5.28 Å². The van der Waals surface area contributed by atoms with Gasteiger partial charge in [0.15, 0.2) is 0 Å². The Hall–Kier alpha value is -1.14. The van der Waals surface area contributed by atoms with Crippen molar-refractivity contribution in [3.63, 3.8) is 0 Å². The Kier molecular flexibility index (Phi) is 4.54. The molecule has 1 atom stereocenters. The standard InChI is InChI=1S/C11H17ClN4O2/c1-3-5-18-11-14-9(12)13-10(15-11)16-4-6-17-8(2)7-16/h8H,3-7H2,1-2H3. The molecule has 0 bridgehead atoms. The van der Waals surface area contributed by atoms with Crippen molar-refractivity contribution in [3.05, 3.63) is 5.28 Å². The Morgan fingerprint density at radius 2 is 2.28 bits per heavy atom. The van der Waals surface area contributed by atoms with E-state index in [2.05, 4.69) is 15.0 Å². The number of hydrogen-bond donors (Lipinski definition) is 0. The summed E-state index contributed by atoms with van der Waals surface area (Å²) in [6, 6.07) is 0.283. The molecular formula is C11H17ClN4O2. The molecule has 0 radical (unpaired) electrons. The van der Waals surface area contributed by atoms with Crippen molar-refractivity contribution < 1.29 is 9.47 Å². The summed E-state index contributed by atoms with van der Waals surface area (Å²) in [7, 11) is 0. The lowest BCUT2D eigenvalue weighted by atomic mass is 10.3. The zero-order valence-corrected chi connectivity index (χ0v) is 11.4. The van der Waals surface area contributed by atoms with E-state index in [1.165, 1.54) is 0 Å². The van der Waals surface area contributed by atoms with Crippen molar-refractivity contribution in [2.24, 2.45) is 0 Å². The van der Waals surface area contributed by atoms with Crippen LogP contribution >= 0.6 is 11.6 Å². The van der Waals surface area contributed by atoms with Gasteiger partial charge in [-0.1, -0.05) is 6.92 Å². The Bertz CT molecular complexity index is 405. The minimum absolute atomic E-state index is 0.158. The van der Waals surface area contributed by atoms with Crippen molar-refractivity contribution in [1.29, 1.82) is 0 Å². The normalized spacial score (nSPS) is 19.9. The zero-order chi connectivity index (χ0) is 13.0. The molecule has 1 unspecified atom stereocenters. The molecule has 0 aromatic carbocycles. The predicted molar refractivity (Wildman–Crippen MR) is 68.3 cm³/mol. The predicted octanol–water partition coefficient (Wildman–Crippen LogP) is 1.54. The lowest BCUT2D eigenvalue weighted by Crippen LogP contribution is -2.42. The average Bonchev–Trinajstić information content (AvgIpc) is 2.36. The van der Waals surface area contributed by atoms with Crippen molar-refractivity contribution in [2.75, 3.05) is 31.2 Å². The quantitative estimate of drug-likeness (QED) is 0.829. The molecule has 1 aliphatic rings. The summed E-state index contributed by atoms with van der Waals surface area (Å²) in [5, 5.41) is 0.158. The second-order valence-electron chi connectivity index (χ2n) is 4.16. The maximum atomic E-state index is 5.88. The molecule has 0 spiro atoms. The molecule has 6 nitrogen and oxygen atoms in total. The van der Waals surface area contributed by atoms with E-state index in [0.717, 1.165) is 19.5 Å². The monoisotopic (exact) mass is 272 g/mol. The Labute approximate surface area is 111 Å². The second kappa shape index (κ2) is 6.15. The highest BCUT2D eigenvalue weighted by Crippen LogP contribution is 2.17. The van der Waals surface area contributed by atoms with Gasteiger partial charge >= 0.3 is 6.01 Å². The van der Waals surface area contributed by atoms with Crippen molar-refractivity contribution in [1.82, 2.24) is 15.0 Å². The van der Waals surface area contributed by atoms with Gasteiger partial charge in [-0.2, -0.15) is 15.0 Å². The molecular weight excluding hydrogens is 256 g/mol. The maximum Gasteiger partial charge on any atom is 0.322 e. The van der Waals surface area contributed by atoms with Gasteiger partial charge in [-0.05, 0) is 24.9 Å². The van der Waals surface area contributed by atoms with Crippen LogP contribution in [0.4, 0.5) is 5.95 Å². The number of morpholine rings is 1. The molecule has 1 aromatic heterocycles. The summed E-state index contributed by atoms with van der Waals surface area (Å²) in [5.74, 6) is 0.552. The van der Waals surface area contributed by atoms with Gasteiger partial charge in [0.2, 0.25) is 11.2 Å². The van der Waals surface area contributed by atoms with Crippen LogP contribution in [0.15, 0.2) is 0 Å². The zero-order valence-electron chi connectivity index (χ0n) is 10.6. The highest BCUT2D eigenvalue weighted by Gasteiger charge is 2.20. The Morgan fingerprint density at radius 1 is 1.44 bits per heavy atom. The first-order valence-electron chi connectivity index (χ1n) is 6.10. The summed E-state index contributed by atoms with van der Waals surface area (Å²) < 4.78 is 10.9. The smallest absolute Gasteiger partial charge is 0.322 e. The van der Waals surface area contributed by atoms with Crippen molar-refractivity contribution >= 4 is 17.5 Å². The van der Waals surface area contributed by atoms with Crippen LogP contribution in [-0.4, -0.2) is 47.4 Å². The first-order chi connectivity index (χ1) is 8.69. The van der Waals surface area contributed by atoms with Gasteiger partial charge in [-0.25, -0.2) is 0 Å². The number of halogens is 1. The van der Waals surface area contributed by atoms with E-state index < -0.39 is 0 Å². The number of nitrogens with zero attached hydrogens (tertiary/aromatic N) is 4. The molecule has 1 aliphatic heterocycles. The summed E-state index contributed by atoms with van der Waals surface area (Å²) in [4.78, 5) is 14.4. The van der Waals surface area contributed by atoms with Crippen molar-refractivity contribution in [2.45, 2.75) is 26.4 Å². The van der Waals surface area contributed by atoms with Gasteiger partial charge < -0.3 is 14.4 Å². The van der Waals surface area contributed by atoms with Crippen LogP contribution in [0.25, 0.3) is 0 Å². The number of anilines is 1. The average molecular weight is 273 g/mol. The van der Waals surface area contributed by atoms with E-state index in [1.54, 1.807) is 0 Å². The first-order valence-corrected chi connectivity index (χ1v) is 6.47. The molecule has 1 aromatic rings. The molecule has 1 fully saturated rings. The lowest BCUT2D eigenvalue weighted by Gasteiger charge is -2.31. The molecule has 0 amide bonds. The van der Waals surface area contributed by atoms with Gasteiger partial charge in [-0.15, -0.1) is 0 Å². The third-order valence-corrected chi connectivity index (χ3v) is 2.70. The van der Waals surface area contributed by atoms with E-state index >= 15 is 0 Å². The number of hydrogen-bond acceptors (Lipinski definition) is 6. The van der Waals surface area contributed by atoms with Crippen LogP contribution < -0.4 is 9.64 Å². The molecule has 2 rings (SSSR count). The highest BCUT2D eigenvalue weighted by molar-refractivity contribution is 6.28. The lowest BCUT2D eigenvalue weighted by molar-refractivity contribution is 0.0525. The van der Waals surface area contributed by atoms with Gasteiger partial charge in [0, 0.05) is 13.1 Å². The van der Waals surface area contributed by atoms with Crippen LogP contribution in [0.3, 0.4) is 0 Å². The summed E-state index contributed by atoms with van der Waals surface area (Å²) in [6.07, 6.45) is 1.06. The number of aromatic nitrogens is 3. The molecule has 0 N–H and O–H groups in total. The topological polar surface area (TPSA) is 60.4 Å². The Balaban J connectivity index is 2.13. The molecule has 7 heteroatoms. The van der Waals surface area contributed by atoms with E-state index in [9.17, 15) is 0 Å². The highest BCUT2D eigenvalue weighted by atomic mass is 35.5. The van der Waals surface area contributed by atoms with Crippen LogP contribution in [0, 0.1) is 0 Å². The minimum atomic E-state index is 0.158. The SMILES string of the molecule is CCCOc1nc(Cl)nc(N2CCOC(C)C2)n1. The van der Waals surface area contributed by atoms with E-state index in [1.807, 2.05) is 18.7 Å². The second-order valence-corrected chi connectivity index (χ2v) is 4.50. The van der Waals surface area contributed by atoms with Crippen LogP contribution in [0.1, 0.15) is 20.3 Å². The first kappa shape index (κ1) is 13.3. The van der Waals surface area contributed by atoms with Gasteiger partial charge in [0.1, 0.15) is 0 Å². The van der Waals surface area contributed by atoms with Crippen LogP contribution in [0.5, 0.6) is 6.01 Å². The molecule has 0 saturated carbocycles. The fourth-order valence-corrected chi connectivity index (χ4v) is 1.87. The summed E-state index contributed by atoms with van der Waals surface area (Å²) >= 11 is 5.88. The molecule has 18 heavy (non-hydrogen) atoms. The number of rotatable bonds is 4. The number of ether oxygens (including phenoxy) is 2. The van der Waals surface area contributed by atoms with E-state index in [4.69, 9.17) is 21.1 Å². The molecule has 1 saturated heterocycles. The van der Waals surface area contributed by atoms with E-state index in [-0.39, 0.29) is 17.4 Å². The fourth-order valence-electron chi connectivity index (χ4n) is 1.72. The molecule has 0 aliphatic carbocycles. The van der Waals surface area contributed by atoms with Gasteiger partial charge in [-0.3, -0.25) is 0 Å². The van der Waals surface area contributed by atoms with Gasteiger partial charge in [0.05, 0.1) is 19.3 Å². The van der Waals surface area contributed by atoms with Crippen molar-refractivity contribution in [3.8, 4) is 6.01 Å². The van der Waals surface area contributed by atoms with Crippen LogP contribution in [-0.2, 0) is 4.74 Å². The largest absolute Gasteiger partial charge is 0.463 e. The Morgan fingerprint density at radius 3 is 3.00 bits per heavy atom. The molecule has 2 heterocycles. The molecule has 100 valence electrons.